The molecule has 1 saturated carbocycles. The average Bonchev–Trinajstić information content (AvgIpc) is 2.95. The Morgan fingerprint density at radius 3 is 2.60 bits per heavy atom. The molecule has 0 bridgehead atoms. The van der Waals surface area contributed by atoms with Crippen LogP contribution < -0.4 is 0 Å². The van der Waals surface area contributed by atoms with E-state index in [4.69, 9.17) is 11.6 Å². The van der Waals surface area contributed by atoms with Crippen LogP contribution in [0.4, 0.5) is 0 Å². The molecule has 0 heterocycles. The molecular weight excluding hydrogens is 208 g/mol. The minimum Gasteiger partial charge on any atom is -0.294 e. The van der Waals surface area contributed by atoms with Gasteiger partial charge in [0.05, 0.1) is 0 Å². The van der Waals surface area contributed by atoms with Gasteiger partial charge in [-0.1, -0.05) is 11.6 Å². The number of carbonyl (C=O) groups excluding carboxylic acids is 1. The lowest BCUT2D eigenvalue weighted by molar-refractivity contribution is 0.0975. The van der Waals surface area contributed by atoms with E-state index in [-0.39, 0.29) is 5.78 Å². The molecule has 0 N–H and O–H groups in total. The number of carbonyl (C=O) groups is 1. The molecule has 0 atom stereocenters. The van der Waals surface area contributed by atoms with Crippen LogP contribution in [-0.2, 0) is 0 Å². The van der Waals surface area contributed by atoms with Gasteiger partial charge in [-0.3, -0.25) is 4.79 Å². The maximum absolute atomic E-state index is 11.9. The number of Topliss-reactive ketones (excluding diaryl/α,β-unsaturated/α-hetero) is 1. The van der Waals surface area contributed by atoms with E-state index in [2.05, 4.69) is 0 Å². The first-order valence-corrected chi connectivity index (χ1v) is 5.75. The Morgan fingerprint density at radius 2 is 2.00 bits per heavy atom. The second kappa shape index (κ2) is 3.97. The number of benzene rings is 1. The van der Waals surface area contributed by atoms with Gasteiger partial charge in [0.25, 0.3) is 0 Å². The third-order valence-electron chi connectivity index (χ3n) is 2.98. The number of hydrogen-bond donors (Lipinski definition) is 0. The van der Waals surface area contributed by atoms with Crippen molar-refractivity contribution in [2.75, 3.05) is 0 Å². The highest BCUT2D eigenvalue weighted by Crippen LogP contribution is 2.34. The highest BCUT2D eigenvalue weighted by molar-refractivity contribution is 6.31. The Kier molecular flexibility index (Phi) is 2.83. The number of ketones is 1. The Hall–Kier alpha value is -0.820. The molecule has 1 aromatic rings. The average molecular weight is 223 g/mol. The van der Waals surface area contributed by atoms with E-state index in [0.717, 1.165) is 21.7 Å². The van der Waals surface area contributed by atoms with Crippen LogP contribution in [0.3, 0.4) is 0 Å². The van der Waals surface area contributed by atoms with Crippen molar-refractivity contribution in [3.05, 3.63) is 33.8 Å². The quantitative estimate of drug-likeness (QED) is 0.708. The third kappa shape index (κ3) is 2.40. The molecule has 0 aliphatic heterocycles. The van der Waals surface area contributed by atoms with Crippen molar-refractivity contribution >= 4 is 17.4 Å². The molecule has 0 saturated heterocycles. The standard InChI is InChI=1S/C13H15ClO/c1-8-6-12(14)9(2)5-11(8)13(15)7-10-3-4-10/h5-6,10H,3-4,7H2,1-2H3. The van der Waals surface area contributed by atoms with Crippen LogP contribution in [0.5, 0.6) is 0 Å². The number of aryl methyl sites for hydroxylation is 2. The van der Waals surface area contributed by atoms with Crippen LogP contribution in [0.25, 0.3) is 0 Å². The van der Waals surface area contributed by atoms with Gasteiger partial charge in [0.1, 0.15) is 0 Å². The zero-order valence-corrected chi connectivity index (χ0v) is 9.90. The molecule has 0 amide bonds. The highest BCUT2D eigenvalue weighted by atomic mass is 35.5. The van der Waals surface area contributed by atoms with Crippen LogP contribution >= 0.6 is 11.6 Å². The number of rotatable bonds is 3. The second-order valence-electron chi connectivity index (χ2n) is 4.49. The minimum absolute atomic E-state index is 0.273. The van der Waals surface area contributed by atoms with Crippen molar-refractivity contribution in [1.82, 2.24) is 0 Å². The van der Waals surface area contributed by atoms with Crippen molar-refractivity contribution in [3.63, 3.8) is 0 Å². The van der Waals surface area contributed by atoms with E-state index in [1.807, 2.05) is 26.0 Å². The summed E-state index contributed by atoms with van der Waals surface area (Å²) in [6, 6.07) is 3.80. The van der Waals surface area contributed by atoms with E-state index in [1.54, 1.807) is 0 Å². The summed E-state index contributed by atoms with van der Waals surface area (Å²) >= 11 is 6.00. The summed E-state index contributed by atoms with van der Waals surface area (Å²) in [6.45, 7) is 3.89. The van der Waals surface area contributed by atoms with Crippen LogP contribution in [0.1, 0.15) is 40.7 Å². The molecule has 2 rings (SSSR count). The fourth-order valence-electron chi connectivity index (χ4n) is 1.78. The van der Waals surface area contributed by atoms with Crippen LogP contribution in [0.15, 0.2) is 12.1 Å². The van der Waals surface area contributed by atoms with Gasteiger partial charge in [-0.15, -0.1) is 0 Å². The summed E-state index contributed by atoms with van der Waals surface area (Å²) in [5.74, 6) is 0.919. The minimum atomic E-state index is 0.273. The molecule has 15 heavy (non-hydrogen) atoms. The van der Waals surface area contributed by atoms with E-state index in [0.29, 0.717) is 12.3 Å². The van der Waals surface area contributed by atoms with Gasteiger partial charge >= 0.3 is 0 Å². The second-order valence-corrected chi connectivity index (χ2v) is 4.89. The summed E-state index contributed by atoms with van der Waals surface area (Å²) in [4.78, 5) is 11.9. The summed E-state index contributed by atoms with van der Waals surface area (Å²) in [5, 5.41) is 0.746. The summed E-state index contributed by atoms with van der Waals surface area (Å²) in [7, 11) is 0. The molecular formula is C13H15ClO. The SMILES string of the molecule is Cc1cc(C(=O)CC2CC2)c(C)cc1Cl. The molecule has 0 unspecified atom stereocenters. The number of halogens is 1. The van der Waals surface area contributed by atoms with Crippen molar-refractivity contribution in [2.45, 2.75) is 33.1 Å². The Bertz CT molecular complexity index is 405. The van der Waals surface area contributed by atoms with Crippen molar-refractivity contribution in [2.24, 2.45) is 5.92 Å². The fraction of sp³-hybridized carbons (Fsp3) is 0.462. The van der Waals surface area contributed by atoms with Crippen LogP contribution in [0, 0.1) is 19.8 Å². The van der Waals surface area contributed by atoms with E-state index < -0.39 is 0 Å². The Balaban J connectivity index is 2.25. The lowest BCUT2D eigenvalue weighted by atomic mass is 9.99. The Morgan fingerprint density at radius 1 is 1.33 bits per heavy atom. The molecule has 1 aromatic carbocycles. The molecule has 80 valence electrons. The van der Waals surface area contributed by atoms with Crippen LogP contribution in [0.2, 0.25) is 5.02 Å². The summed E-state index contributed by atoms with van der Waals surface area (Å²) in [6.07, 6.45) is 3.15. The molecule has 0 spiro atoms. The first-order valence-electron chi connectivity index (χ1n) is 5.38. The molecule has 1 aliphatic rings. The molecule has 2 heteroatoms. The first-order chi connectivity index (χ1) is 7.08. The number of hydrogen-bond acceptors (Lipinski definition) is 1. The molecule has 1 nitrogen and oxygen atoms in total. The van der Waals surface area contributed by atoms with Gasteiger partial charge in [0.15, 0.2) is 5.78 Å². The zero-order valence-electron chi connectivity index (χ0n) is 9.14. The largest absolute Gasteiger partial charge is 0.294 e. The van der Waals surface area contributed by atoms with Gasteiger partial charge in [0.2, 0.25) is 0 Å². The third-order valence-corrected chi connectivity index (χ3v) is 3.38. The van der Waals surface area contributed by atoms with Gasteiger partial charge in [-0.25, -0.2) is 0 Å². The van der Waals surface area contributed by atoms with Crippen LogP contribution in [-0.4, -0.2) is 5.78 Å². The predicted octanol–water partition coefficient (Wildman–Crippen LogP) is 3.94. The molecule has 1 fully saturated rings. The predicted molar refractivity (Wildman–Crippen MR) is 62.6 cm³/mol. The maximum atomic E-state index is 11.9. The van der Waals surface area contributed by atoms with E-state index in [1.165, 1.54) is 12.8 Å². The van der Waals surface area contributed by atoms with Gasteiger partial charge in [-0.05, 0) is 55.9 Å². The molecule has 0 aromatic heterocycles. The smallest absolute Gasteiger partial charge is 0.163 e. The molecule has 0 radical (unpaired) electrons. The van der Waals surface area contributed by atoms with Gasteiger partial charge in [-0.2, -0.15) is 0 Å². The van der Waals surface area contributed by atoms with E-state index >= 15 is 0 Å². The first kappa shape index (κ1) is 10.7. The van der Waals surface area contributed by atoms with Crippen molar-refractivity contribution in [1.29, 1.82) is 0 Å². The molecule has 1 aliphatic carbocycles. The fourth-order valence-corrected chi connectivity index (χ4v) is 1.99. The topological polar surface area (TPSA) is 17.1 Å². The normalized spacial score (nSPS) is 15.4. The highest BCUT2D eigenvalue weighted by Gasteiger charge is 2.25. The van der Waals surface area contributed by atoms with Crippen molar-refractivity contribution < 1.29 is 4.79 Å². The summed E-state index contributed by atoms with van der Waals surface area (Å²) < 4.78 is 0. The lowest BCUT2D eigenvalue weighted by Crippen LogP contribution is -2.03. The summed E-state index contributed by atoms with van der Waals surface area (Å²) in [5.41, 5.74) is 2.83. The maximum Gasteiger partial charge on any atom is 0.163 e. The van der Waals surface area contributed by atoms with Gasteiger partial charge < -0.3 is 0 Å². The van der Waals surface area contributed by atoms with Gasteiger partial charge in [0, 0.05) is 17.0 Å². The monoisotopic (exact) mass is 222 g/mol. The zero-order chi connectivity index (χ0) is 11.0. The van der Waals surface area contributed by atoms with E-state index in [9.17, 15) is 4.79 Å². The Labute approximate surface area is 95.4 Å². The lowest BCUT2D eigenvalue weighted by Gasteiger charge is -2.07. The van der Waals surface area contributed by atoms with Crippen molar-refractivity contribution in [3.8, 4) is 0 Å².